The molecular formula is C18H18BrNO3. The lowest BCUT2D eigenvalue weighted by Gasteiger charge is -2.21. The third-order valence-electron chi connectivity index (χ3n) is 3.72. The third-order valence-corrected chi connectivity index (χ3v) is 4.25. The molecule has 1 aliphatic heterocycles. The second-order valence-corrected chi connectivity index (χ2v) is 6.41. The lowest BCUT2D eigenvalue weighted by molar-refractivity contribution is -0.121. The average molecular weight is 376 g/mol. The molecule has 0 spiro atoms. The summed E-state index contributed by atoms with van der Waals surface area (Å²) in [6.45, 7) is 3.09. The summed E-state index contributed by atoms with van der Waals surface area (Å²) in [7, 11) is 0. The number of amides is 1. The van der Waals surface area contributed by atoms with Crippen molar-refractivity contribution in [3.63, 3.8) is 0 Å². The predicted octanol–water partition coefficient (Wildman–Crippen LogP) is 3.64. The number of fused-ring (bicyclic) bond motifs is 1. The Hall–Kier alpha value is -2.01. The van der Waals surface area contributed by atoms with E-state index in [1.165, 1.54) is 0 Å². The summed E-state index contributed by atoms with van der Waals surface area (Å²) in [6, 6.07) is 13.4. The van der Waals surface area contributed by atoms with Crippen LogP contribution in [0.3, 0.4) is 0 Å². The predicted molar refractivity (Wildman–Crippen MR) is 91.8 cm³/mol. The van der Waals surface area contributed by atoms with Crippen LogP contribution >= 0.6 is 15.9 Å². The Morgan fingerprint density at radius 3 is 2.57 bits per heavy atom. The molecule has 0 aliphatic carbocycles. The van der Waals surface area contributed by atoms with Crippen molar-refractivity contribution in [3.05, 3.63) is 58.1 Å². The van der Waals surface area contributed by atoms with Gasteiger partial charge in [-0.1, -0.05) is 34.1 Å². The van der Waals surface area contributed by atoms with Crippen molar-refractivity contribution in [1.82, 2.24) is 5.32 Å². The maximum atomic E-state index is 12.2. The molecule has 4 nitrogen and oxygen atoms in total. The van der Waals surface area contributed by atoms with Gasteiger partial charge in [0.25, 0.3) is 0 Å². The molecule has 1 unspecified atom stereocenters. The maximum Gasteiger partial charge on any atom is 0.224 e. The average Bonchev–Trinajstić information content (AvgIpc) is 2.56. The lowest BCUT2D eigenvalue weighted by Crippen LogP contribution is -2.28. The van der Waals surface area contributed by atoms with E-state index < -0.39 is 0 Å². The van der Waals surface area contributed by atoms with Crippen LogP contribution < -0.4 is 14.8 Å². The first-order valence-electron chi connectivity index (χ1n) is 7.55. The Bertz CT molecular complexity index is 700. The van der Waals surface area contributed by atoms with Crippen LogP contribution in [0, 0.1) is 0 Å². The molecule has 0 aromatic heterocycles. The molecule has 1 amide bonds. The highest BCUT2D eigenvalue weighted by molar-refractivity contribution is 9.10. The van der Waals surface area contributed by atoms with Gasteiger partial charge in [0.15, 0.2) is 11.5 Å². The number of benzene rings is 2. The summed E-state index contributed by atoms with van der Waals surface area (Å²) in [5, 5.41) is 3.02. The number of hydrogen-bond acceptors (Lipinski definition) is 3. The lowest BCUT2D eigenvalue weighted by atomic mass is 10.1. The fraction of sp³-hybridized carbons (Fsp3) is 0.278. The van der Waals surface area contributed by atoms with Crippen molar-refractivity contribution in [2.24, 2.45) is 0 Å². The molecule has 1 N–H and O–H groups in total. The monoisotopic (exact) mass is 375 g/mol. The van der Waals surface area contributed by atoms with Crippen molar-refractivity contribution in [2.75, 3.05) is 13.2 Å². The third kappa shape index (κ3) is 4.05. The Balaban J connectivity index is 1.63. The van der Waals surface area contributed by atoms with Crippen LogP contribution in [0.25, 0.3) is 0 Å². The van der Waals surface area contributed by atoms with Gasteiger partial charge in [0, 0.05) is 4.47 Å². The molecule has 5 heteroatoms. The van der Waals surface area contributed by atoms with E-state index in [-0.39, 0.29) is 11.9 Å². The van der Waals surface area contributed by atoms with Gasteiger partial charge < -0.3 is 14.8 Å². The second-order valence-electron chi connectivity index (χ2n) is 5.50. The Morgan fingerprint density at radius 1 is 1.13 bits per heavy atom. The Kier molecular flexibility index (Phi) is 4.86. The van der Waals surface area contributed by atoms with Crippen molar-refractivity contribution >= 4 is 21.8 Å². The first kappa shape index (κ1) is 15.9. The molecule has 1 heterocycles. The smallest absolute Gasteiger partial charge is 0.224 e. The fourth-order valence-corrected chi connectivity index (χ4v) is 2.76. The summed E-state index contributed by atoms with van der Waals surface area (Å²) in [6.07, 6.45) is 0.363. The molecule has 1 atom stereocenters. The molecule has 0 bridgehead atoms. The summed E-state index contributed by atoms with van der Waals surface area (Å²) >= 11 is 3.39. The Labute approximate surface area is 143 Å². The number of ether oxygens (including phenoxy) is 2. The minimum absolute atomic E-state index is 0.00490. The van der Waals surface area contributed by atoms with E-state index in [1.54, 1.807) is 0 Å². The number of carbonyl (C=O) groups excluding carboxylic acids is 1. The molecular weight excluding hydrogens is 358 g/mol. The first-order valence-corrected chi connectivity index (χ1v) is 8.34. The van der Waals surface area contributed by atoms with E-state index in [1.807, 2.05) is 49.4 Å². The molecule has 2 aromatic rings. The number of rotatable bonds is 4. The van der Waals surface area contributed by atoms with Crippen molar-refractivity contribution in [1.29, 1.82) is 0 Å². The van der Waals surface area contributed by atoms with E-state index >= 15 is 0 Å². The summed E-state index contributed by atoms with van der Waals surface area (Å²) in [5.74, 6) is 1.49. The second kappa shape index (κ2) is 7.04. The van der Waals surface area contributed by atoms with Crippen molar-refractivity contribution < 1.29 is 14.3 Å². The van der Waals surface area contributed by atoms with Gasteiger partial charge in [0.05, 0.1) is 12.5 Å². The number of nitrogens with one attached hydrogen (secondary N) is 1. The molecule has 3 rings (SSSR count). The van der Waals surface area contributed by atoms with Crippen LogP contribution in [0.5, 0.6) is 11.5 Å². The van der Waals surface area contributed by atoms with Crippen LogP contribution in [-0.4, -0.2) is 19.1 Å². The van der Waals surface area contributed by atoms with Crippen molar-refractivity contribution in [3.8, 4) is 11.5 Å². The van der Waals surface area contributed by atoms with Gasteiger partial charge in [-0.05, 0) is 42.3 Å². The van der Waals surface area contributed by atoms with E-state index in [2.05, 4.69) is 21.2 Å². The zero-order valence-electron chi connectivity index (χ0n) is 12.8. The summed E-state index contributed by atoms with van der Waals surface area (Å²) in [4.78, 5) is 12.2. The van der Waals surface area contributed by atoms with Gasteiger partial charge >= 0.3 is 0 Å². The van der Waals surface area contributed by atoms with Crippen molar-refractivity contribution in [2.45, 2.75) is 19.4 Å². The SMILES string of the molecule is CC(NC(=O)Cc1ccc(Br)cc1)c1ccc2c(c1)OCCO2. The molecule has 0 fully saturated rings. The molecule has 0 saturated heterocycles. The van der Waals surface area contributed by atoms with E-state index in [9.17, 15) is 4.79 Å². The topological polar surface area (TPSA) is 47.6 Å². The minimum Gasteiger partial charge on any atom is -0.486 e. The maximum absolute atomic E-state index is 12.2. The first-order chi connectivity index (χ1) is 11.1. The molecule has 0 saturated carbocycles. The van der Waals surface area contributed by atoms with Gasteiger partial charge in [-0.15, -0.1) is 0 Å². The van der Waals surface area contributed by atoms with Gasteiger partial charge in [-0.2, -0.15) is 0 Å². The van der Waals surface area contributed by atoms with E-state index in [0.717, 1.165) is 27.1 Å². The van der Waals surface area contributed by atoms with Crippen LogP contribution in [0.4, 0.5) is 0 Å². The molecule has 1 aliphatic rings. The van der Waals surface area contributed by atoms with Crippen LogP contribution in [0.1, 0.15) is 24.1 Å². The summed E-state index contributed by atoms with van der Waals surface area (Å²) in [5.41, 5.74) is 1.98. The van der Waals surface area contributed by atoms with Crippen LogP contribution in [0.2, 0.25) is 0 Å². The minimum atomic E-state index is -0.0891. The summed E-state index contributed by atoms with van der Waals surface area (Å²) < 4.78 is 12.1. The van der Waals surface area contributed by atoms with Gasteiger partial charge in [0.2, 0.25) is 5.91 Å². The largest absolute Gasteiger partial charge is 0.486 e. The standard InChI is InChI=1S/C18H18BrNO3/c1-12(14-4-7-16-17(11-14)23-9-8-22-16)20-18(21)10-13-2-5-15(19)6-3-13/h2-7,11-12H,8-10H2,1H3,(H,20,21). The highest BCUT2D eigenvalue weighted by Crippen LogP contribution is 2.32. The zero-order chi connectivity index (χ0) is 16.2. The molecule has 2 aromatic carbocycles. The highest BCUT2D eigenvalue weighted by Gasteiger charge is 2.15. The van der Waals surface area contributed by atoms with Crippen LogP contribution in [-0.2, 0) is 11.2 Å². The zero-order valence-corrected chi connectivity index (χ0v) is 14.4. The quantitative estimate of drug-likeness (QED) is 0.887. The highest BCUT2D eigenvalue weighted by atomic mass is 79.9. The van der Waals surface area contributed by atoms with E-state index in [4.69, 9.17) is 9.47 Å². The molecule has 23 heavy (non-hydrogen) atoms. The van der Waals surface area contributed by atoms with E-state index in [0.29, 0.717) is 19.6 Å². The van der Waals surface area contributed by atoms with Gasteiger partial charge in [-0.25, -0.2) is 0 Å². The molecule has 120 valence electrons. The van der Waals surface area contributed by atoms with Crippen LogP contribution in [0.15, 0.2) is 46.9 Å². The number of halogens is 1. The normalized spacial score (nSPS) is 14.2. The fourth-order valence-electron chi connectivity index (χ4n) is 2.49. The number of hydrogen-bond donors (Lipinski definition) is 1. The van der Waals surface area contributed by atoms with Gasteiger partial charge in [0.1, 0.15) is 13.2 Å². The number of carbonyl (C=O) groups is 1. The molecule has 0 radical (unpaired) electrons. The Morgan fingerprint density at radius 2 is 1.83 bits per heavy atom. The van der Waals surface area contributed by atoms with Gasteiger partial charge in [-0.3, -0.25) is 4.79 Å².